The Morgan fingerprint density at radius 1 is 1.17 bits per heavy atom. The van der Waals surface area contributed by atoms with Gasteiger partial charge < -0.3 is 10.1 Å². The third-order valence-electron chi connectivity index (χ3n) is 2.51. The summed E-state index contributed by atoms with van der Waals surface area (Å²) in [6.07, 6.45) is 0. The molecule has 0 aliphatic heterocycles. The summed E-state index contributed by atoms with van der Waals surface area (Å²) < 4.78 is 5.76. The molecule has 0 aromatic heterocycles. The van der Waals surface area contributed by atoms with E-state index in [1.807, 2.05) is 0 Å². The van der Waals surface area contributed by atoms with E-state index >= 15 is 0 Å². The molecule has 18 heavy (non-hydrogen) atoms. The molecule has 0 saturated heterocycles. The van der Waals surface area contributed by atoms with E-state index in [4.69, 9.17) is 4.74 Å². The van der Waals surface area contributed by atoms with Crippen LogP contribution in [0.3, 0.4) is 0 Å². The van der Waals surface area contributed by atoms with Crippen LogP contribution in [0.2, 0.25) is 0 Å². The molecule has 100 valence electrons. The Bertz CT molecular complexity index is 395. The molecule has 0 amide bonds. The minimum absolute atomic E-state index is 0.114. The average Bonchev–Trinajstić information content (AvgIpc) is 2.21. The predicted molar refractivity (Wildman–Crippen MR) is 78.3 cm³/mol. The minimum atomic E-state index is 0.114. The van der Waals surface area contributed by atoms with Crippen molar-refractivity contribution < 1.29 is 4.74 Å². The molecule has 0 saturated carbocycles. The molecule has 0 radical (unpaired) electrons. The second-order valence-electron chi connectivity index (χ2n) is 5.97. The van der Waals surface area contributed by atoms with E-state index in [2.05, 4.69) is 64.7 Å². The molecule has 0 aliphatic carbocycles. The van der Waals surface area contributed by atoms with Crippen molar-refractivity contribution in [2.45, 2.75) is 40.2 Å². The highest BCUT2D eigenvalue weighted by atomic mass is 16.5. The Labute approximate surface area is 111 Å². The Morgan fingerprint density at radius 3 is 2.22 bits per heavy atom. The molecular weight excluding hydrogens is 222 g/mol. The van der Waals surface area contributed by atoms with Crippen molar-refractivity contribution in [3.8, 4) is 5.75 Å². The van der Waals surface area contributed by atoms with Gasteiger partial charge in [0, 0.05) is 12.1 Å². The standard InChI is InChI=1S/C16H25NO/c1-12-7-13(2)9-15(8-12)18-11-14(3)10-17-16(4,5)6/h7-9,17H,3,10-11H2,1-2,4-6H3. The highest BCUT2D eigenvalue weighted by molar-refractivity contribution is 5.33. The van der Waals surface area contributed by atoms with Crippen molar-refractivity contribution in [3.63, 3.8) is 0 Å². The monoisotopic (exact) mass is 247 g/mol. The van der Waals surface area contributed by atoms with Crippen LogP contribution >= 0.6 is 0 Å². The number of nitrogens with one attached hydrogen (secondary N) is 1. The van der Waals surface area contributed by atoms with E-state index < -0.39 is 0 Å². The Kier molecular flexibility index (Phi) is 4.97. The highest BCUT2D eigenvalue weighted by Gasteiger charge is 2.08. The SMILES string of the molecule is C=C(CNC(C)(C)C)COc1cc(C)cc(C)c1. The minimum Gasteiger partial charge on any atom is -0.489 e. The van der Waals surface area contributed by atoms with Crippen LogP contribution in [0, 0.1) is 13.8 Å². The van der Waals surface area contributed by atoms with E-state index in [0.29, 0.717) is 6.61 Å². The number of rotatable bonds is 5. The number of ether oxygens (including phenoxy) is 1. The normalized spacial score (nSPS) is 11.4. The summed E-state index contributed by atoms with van der Waals surface area (Å²) in [5.74, 6) is 0.921. The van der Waals surface area contributed by atoms with Gasteiger partial charge in [0.2, 0.25) is 0 Å². The summed E-state index contributed by atoms with van der Waals surface area (Å²) in [5.41, 5.74) is 3.62. The highest BCUT2D eigenvalue weighted by Crippen LogP contribution is 2.16. The zero-order valence-corrected chi connectivity index (χ0v) is 12.3. The molecule has 1 aromatic carbocycles. The maximum atomic E-state index is 5.76. The first-order valence-electron chi connectivity index (χ1n) is 6.39. The lowest BCUT2D eigenvalue weighted by Crippen LogP contribution is -2.37. The summed E-state index contributed by atoms with van der Waals surface area (Å²) in [6.45, 7) is 16.0. The third-order valence-corrected chi connectivity index (χ3v) is 2.51. The number of hydrogen-bond acceptors (Lipinski definition) is 2. The zero-order chi connectivity index (χ0) is 13.8. The molecule has 2 heteroatoms. The molecule has 1 aromatic rings. The van der Waals surface area contributed by atoms with Gasteiger partial charge >= 0.3 is 0 Å². The van der Waals surface area contributed by atoms with E-state index in [9.17, 15) is 0 Å². The molecule has 0 aliphatic rings. The van der Waals surface area contributed by atoms with Crippen LogP contribution < -0.4 is 10.1 Å². The molecule has 0 bridgehead atoms. The largest absolute Gasteiger partial charge is 0.489 e. The molecule has 2 nitrogen and oxygen atoms in total. The van der Waals surface area contributed by atoms with Crippen molar-refractivity contribution >= 4 is 0 Å². The van der Waals surface area contributed by atoms with Crippen molar-refractivity contribution in [2.24, 2.45) is 0 Å². The van der Waals surface area contributed by atoms with Crippen LogP contribution in [-0.4, -0.2) is 18.7 Å². The van der Waals surface area contributed by atoms with Gasteiger partial charge in [-0.3, -0.25) is 0 Å². The summed E-state index contributed by atoms with van der Waals surface area (Å²) >= 11 is 0. The van der Waals surface area contributed by atoms with Gasteiger partial charge in [-0.05, 0) is 63.5 Å². The van der Waals surface area contributed by atoms with Gasteiger partial charge in [0.25, 0.3) is 0 Å². The smallest absolute Gasteiger partial charge is 0.120 e. The summed E-state index contributed by atoms with van der Waals surface area (Å²) in [4.78, 5) is 0. The lowest BCUT2D eigenvalue weighted by atomic mass is 10.1. The first-order valence-corrected chi connectivity index (χ1v) is 6.39. The van der Waals surface area contributed by atoms with Crippen LogP contribution in [-0.2, 0) is 0 Å². The molecule has 1 rings (SSSR count). The number of benzene rings is 1. The maximum absolute atomic E-state index is 5.76. The van der Waals surface area contributed by atoms with E-state index in [-0.39, 0.29) is 5.54 Å². The van der Waals surface area contributed by atoms with Gasteiger partial charge in [-0.25, -0.2) is 0 Å². The van der Waals surface area contributed by atoms with Crippen molar-refractivity contribution in [2.75, 3.05) is 13.2 Å². The average molecular weight is 247 g/mol. The summed E-state index contributed by atoms with van der Waals surface area (Å²) in [7, 11) is 0. The first-order chi connectivity index (χ1) is 8.26. The molecule has 1 N–H and O–H groups in total. The lowest BCUT2D eigenvalue weighted by molar-refractivity contribution is 0.341. The van der Waals surface area contributed by atoms with E-state index in [1.165, 1.54) is 11.1 Å². The van der Waals surface area contributed by atoms with Gasteiger partial charge in [0.05, 0.1) is 0 Å². The lowest BCUT2D eigenvalue weighted by Gasteiger charge is -2.21. The Morgan fingerprint density at radius 2 is 1.72 bits per heavy atom. The zero-order valence-electron chi connectivity index (χ0n) is 12.3. The van der Waals surface area contributed by atoms with Gasteiger partial charge in [-0.1, -0.05) is 12.6 Å². The molecular formula is C16H25NO. The first kappa shape index (κ1) is 14.8. The molecule has 0 fully saturated rings. The summed E-state index contributed by atoms with van der Waals surface area (Å²) in [6, 6.07) is 6.25. The Hall–Kier alpha value is -1.28. The van der Waals surface area contributed by atoms with Gasteiger partial charge in [0.15, 0.2) is 0 Å². The molecule has 0 spiro atoms. The van der Waals surface area contributed by atoms with E-state index in [0.717, 1.165) is 17.9 Å². The van der Waals surface area contributed by atoms with Gasteiger partial charge in [0.1, 0.15) is 12.4 Å². The fraction of sp³-hybridized carbons (Fsp3) is 0.500. The van der Waals surface area contributed by atoms with Gasteiger partial charge in [-0.2, -0.15) is 0 Å². The van der Waals surface area contributed by atoms with Crippen molar-refractivity contribution in [1.29, 1.82) is 0 Å². The topological polar surface area (TPSA) is 21.3 Å². The molecule has 0 unspecified atom stereocenters. The van der Waals surface area contributed by atoms with Crippen LogP contribution in [0.5, 0.6) is 5.75 Å². The number of aryl methyl sites for hydroxylation is 2. The van der Waals surface area contributed by atoms with Gasteiger partial charge in [-0.15, -0.1) is 0 Å². The van der Waals surface area contributed by atoms with Crippen molar-refractivity contribution in [1.82, 2.24) is 5.32 Å². The second kappa shape index (κ2) is 6.05. The van der Waals surface area contributed by atoms with E-state index in [1.54, 1.807) is 0 Å². The fourth-order valence-corrected chi connectivity index (χ4v) is 1.64. The Balaban J connectivity index is 2.43. The summed E-state index contributed by atoms with van der Waals surface area (Å²) in [5, 5.41) is 3.40. The quantitative estimate of drug-likeness (QED) is 0.802. The maximum Gasteiger partial charge on any atom is 0.120 e. The molecule has 0 atom stereocenters. The second-order valence-corrected chi connectivity index (χ2v) is 5.97. The van der Waals surface area contributed by atoms with Crippen LogP contribution in [0.1, 0.15) is 31.9 Å². The van der Waals surface area contributed by atoms with Crippen LogP contribution in [0.4, 0.5) is 0 Å². The van der Waals surface area contributed by atoms with Crippen LogP contribution in [0.15, 0.2) is 30.4 Å². The number of hydrogen-bond donors (Lipinski definition) is 1. The predicted octanol–water partition coefficient (Wildman–Crippen LogP) is 3.63. The fourth-order valence-electron chi connectivity index (χ4n) is 1.64. The molecule has 0 heterocycles. The van der Waals surface area contributed by atoms with Crippen molar-refractivity contribution in [3.05, 3.63) is 41.5 Å². The van der Waals surface area contributed by atoms with Crippen LogP contribution in [0.25, 0.3) is 0 Å². The third kappa shape index (κ3) is 5.87.